The third-order valence-corrected chi connectivity index (χ3v) is 4.71. The highest BCUT2D eigenvalue weighted by molar-refractivity contribution is 6.04. The van der Waals surface area contributed by atoms with Crippen LogP contribution in [0.4, 0.5) is 0 Å². The van der Waals surface area contributed by atoms with E-state index in [1.165, 1.54) is 33.9 Å². The Balaban J connectivity index is 1.77. The van der Waals surface area contributed by atoms with Gasteiger partial charge in [0, 0.05) is 17.0 Å². The summed E-state index contributed by atoms with van der Waals surface area (Å²) in [6.07, 6.45) is 2.90. The van der Waals surface area contributed by atoms with Gasteiger partial charge < -0.3 is 23.9 Å². The minimum absolute atomic E-state index is 0.321. The van der Waals surface area contributed by atoms with Gasteiger partial charge in [-0.15, -0.1) is 0 Å². The van der Waals surface area contributed by atoms with E-state index < -0.39 is 0 Å². The van der Waals surface area contributed by atoms with Crippen molar-refractivity contribution in [2.45, 2.75) is 0 Å². The normalized spacial score (nSPS) is 11.3. The van der Waals surface area contributed by atoms with Crippen LogP contribution in [0.1, 0.15) is 5.56 Å². The molecular formula is C21H20N4O5. The zero-order valence-electron chi connectivity index (χ0n) is 16.9. The van der Waals surface area contributed by atoms with E-state index >= 15 is 0 Å². The molecule has 1 N–H and O–H groups in total. The number of nitrogens with one attached hydrogen (secondary N) is 1. The minimum Gasteiger partial charge on any atom is -0.497 e. The zero-order chi connectivity index (χ0) is 21.3. The maximum atomic E-state index is 12.9. The molecule has 0 aliphatic rings. The van der Waals surface area contributed by atoms with Crippen molar-refractivity contribution < 1.29 is 18.9 Å². The molecule has 0 saturated heterocycles. The number of H-pyrrole nitrogens is 1. The van der Waals surface area contributed by atoms with Crippen LogP contribution in [-0.4, -0.2) is 49.3 Å². The second-order valence-corrected chi connectivity index (χ2v) is 6.36. The molecule has 0 aliphatic heterocycles. The number of aromatic amines is 1. The molecule has 2 heterocycles. The van der Waals surface area contributed by atoms with E-state index in [9.17, 15) is 4.79 Å². The van der Waals surface area contributed by atoms with Gasteiger partial charge in [-0.25, -0.2) is 4.98 Å². The Labute approximate surface area is 171 Å². The van der Waals surface area contributed by atoms with E-state index in [4.69, 9.17) is 18.9 Å². The van der Waals surface area contributed by atoms with E-state index in [0.717, 1.165) is 15.6 Å². The number of methoxy groups -OCH3 is 4. The number of hydrogen-bond acceptors (Lipinski definition) is 7. The number of aromatic nitrogens is 3. The van der Waals surface area contributed by atoms with Crippen LogP contribution in [0.2, 0.25) is 0 Å². The van der Waals surface area contributed by atoms with E-state index in [0.29, 0.717) is 39.6 Å². The molecule has 154 valence electrons. The van der Waals surface area contributed by atoms with Crippen LogP contribution in [0.3, 0.4) is 0 Å². The summed E-state index contributed by atoms with van der Waals surface area (Å²) in [5.74, 6) is 2.15. The summed E-state index contributed by atoms with van der Waals surface area (Å²) in [5, 5.41) is 5.09. The molecule has 0 spiro atoms. The van der Waals surface area contributed by atoms with E-state index in [2.05, 4.69) is 15.1 Å². The number of benzene rings is 2. The summed E-state index contributed by atoms with van der Waals surface area (Å²) >= 11 is 0. The lowest BCUT2D eigenvalue weighted by atomic mass is 10.2. The number of rotatable bonds is 6. The Morgan fingerprint density at radius 3 is 2.37 bits per heavy atom. The van der Waals surface area contributed by atoms with Crippen molar-refractivity contribution in [1.82, 2.24) is 14.6 Å². The highest BCUT2D eigenvalue weighted by Crippen LogP contribution is 2.37. The minimum atomic E-state index is -0.321. The van der Waals surface area contributed by atoms with Crippen molar-refractivity contribution in [2.24, 2.45) is 5.10 Å². The summed E-state index contributed by atoms with van der Waals surface area (Å²) in [5.41, 5.74) is 2.05. The van der Waals surface area contributed by atoms with Crippen LogP contribution >= 0.6 is 0 Å². The lowest BCUT2D eigenvalue weighted by molar-refractivity contribution is 0.324. The monoisotopic (exact) mass is 408 g/mol. The Morgan fingerprint density at radius 1 is 1.00 bits per heavy atom. The lowest BCUT2D eigenvalue weighted by Crippen LogP contribution is -2.17. The molecule has 0 unspecified atom stereocenters. The maximum Gasteiger partial charge on any atom is 0.298 e. The summed E-state index contributed by atoms with van der Waals surface area (Å²) in [7, 11) is 6.19. The molecule has 9 heteroatoms. The molecule has 4 aromatic rings. The van der Waals surface area contributed by atoms with Gasteiger partial charge in [-0.1, -0.05) is 0 Å². The summed E-state index contributed by atoms with van der Waals surface area (Å²) in [4.78, 5) is 20.4. The lowest BCUT2D eigenvalue weighted by Gasteiger charge is -2.12. The predicted molar refractivity (Wildman–Crippen MR) is 114 cm³/mol. The van der Waals surface area contributed by atoms with Gasteiger partial charge in [0.15, 0.2) is 11.5 Å². The Bertz CT molecular complexity index is 1300. The van der Waals surface area contributed by atoms with E-state index in [1.54, 1.807) is 19.2 Å². The molecule has 2 aromatic carbocycles. The smallest absolute Gasteiger partial charge is 0.298 e. The SMILES string of the molecule is COc1ccc2c(c1)[nH]c1c(=O)n(N=Cc3cc(OC)c(OC)c(OC)c3)cnc12. The number of nitrogens with zero attached hydrogens (tertiary/aromatic N) is 3. The van der Waals surface area contributed by atoms with Crippen LogP contribution in [0, 0.1) is 0 Å². The first kappa shape index (κ1) is 19.3. The molecule has 9 nitrogen and oxygen atoms in total. The van der Waals surface area contributed by atoms with Crippen molar-refractivity contribution in [3.8, 4) is 23.0 Å². The first-order valence-electron chi connectivity index (χ1n) is 9.01. The van der Waals surface area contributed by atoms with Crippen LogP contribution in [0.25, 0.3) is 21.9 Å². The average molecular weight is 408 g/mol. The second-order valence-electron chi connectivity index (χ2n) is 6.36. The molecule has 2 aromatic heterocycles. The van der Waals surface area contributed by atoms with Crippen LogP contribution in [-0.2, 0) is 0 Å². The second kappa shape index (κ2) is 7.78. The largest absolute Gasteiger partial charge is 0.497 e. The van der Waals surface area contributed by atoms with Crippen molar-refractivity contribution in [2.75, 3.05) is 28.4 Å². The fourth-order valence-corrected chi connectivity index (χ4v) is 3.24. The van der Waals surface area contributed by atoms with Gasteiger partial charge in [0.2, 0.25) is 5.75 Å². The van der Waals surface area contributed by atoms with Crippen LogP contribution in [0.5, 0.6) is 23.0 Å². The topological polar surface area (TPSA) is 100.0 Å². The molecule has 30 heavy (non-hydrogen) atoms. The summed E-state index contributed by atoms with van der Waals surface area (Å²) < 4.78 is 22.4. The van der Waals surface area contributed by atoms with Crippen molar-refractivity contribution >= 4 is 28.2 Å². The highest BCUT2D eigenvalue weighted by Gasteiger charge is 2.13. The predicted octanol–water partition coefficient (Wildman–Crippen LogP) is 2.79. The number of ether oxygens (including phenoxy) is 4. The van der Waals surface area contributed by atoms with Gasteiger partial charge in [-0.2, -0.15) is 9.78 Å². The number of hydrogen-bond donors (Lipinski definition) is 1. The van der Waals surface area contributed by atoms with Crippen molar-refractivity contribution in [1.29, 1.82) is 0 Å². The highest BCUT2D eigenvalue weighted by atomic mass is 16.5. The third kappa shape index (κ3) is 3.20. The first-order valence-corrected chi connectivity index (χ1v) is 9.01. The number of fused-ring (bicyclic) bond motifs is 3. The molecule has 0 amide bonds. The maximum absolute atomic E-state index is 12.9. The van der Waals surface area contributed by atoms with Gasteiger partial charge in [-0.05, 0) is 24.3 Å². The first-order chi connectivity index (χ1) is 14.6. The van der Waals surface area contributed by atoms with Gasteiger partial charge >= 0.3 is 0 Å². The Morgan fingerprint density at radius 2 is 1.73 bits per heavy atom. The zero-order valence-corrected chi connectivity index (χ0v) is 16.9. The molecule has 0 radical (unpaired) electrons. The summed E-state index contributed by atoms with van der Waals surface area (Å²) in [6, 6.07) is 8.97. The van der Waals surface area contributed by atoms with Crippen LogP contribution in [0.15, 0.2) is 46.6 Å². The summed E-state index contributed by atoms with van der Waals surface area (Å²) in [6.45, 7) is 0. The Hall–Kier alpha value is -4.01. The quantitative estimate of drug-likeness (QED) is 0.493. The molecule has 0 atom stereocenters. The van der Waals surface area contributed by atoms with Crippen molar-refractivity contribution in [3.63, 3.8) is 0 Å². The standard InChI is InChI=1S/C21H20N4O5/c1-27-13-5-6-14-15(9-13)24-19-18(14)22-11-25(21(19)26)23-10-12-7-16(28-2)20(30-4)17(8-12)29-3/h5-11,24H,1-4H3. The molecule has 4 rings (SSSR count). The Kier molecular flexibility index (Phi) is 5.01. The fourth-order valence-electron chi connectivity index (χ4n) is 3.24. The van der Waals surface area contributed by atoms with E-state index in [-0.39, 0.29) is 5.56 Å². The van der Waals surface area contributed by atoms with Gasteiger partial charge in [0.1, 0.15) is 23.1 Å². The van der Waals surface area contributed by atoms with Crippen molar-refractivity contribution in [3.05, 3.63) is 52.6 Å². The molecule has 0 fully saturated rings. The van der Waals surface area contributed by atoms with Crippen LogP contribution < -0.4 is 24.5 Å². The third-order valence-electron chi connectivity index (χ3n) is 4.71. The average Bonchev–Trinajstić information content (AvgIpc) is 3.16. The van der Waals surface area contributed by atoms with Gasteiger partial charge in [0.25, 0.3) is 5.56 Å². The van der Waals surface area contributed by atoms with Gasteiger partial charge in [-0.3, -0.25) is 4.79 Å². The van der Waals surface area contributed by atoms with Gasteiger partial charge in [0.05, 0.1) is 40.2 Å². The molecule has 0 bridgehead atoms. The molecular weight excluding hydrogens is 388 g/mol. The molecule has 0 aliphatic carbocycles. The van der Waals surface area contributed by atoms with E-state index in [1.807, 2.05) is 18.2 Å². The molecule has 0 saturated carbocycles. The fraction of sp³-hybridized carbons (Fsp3) is 0.190.